The number of anilines is 1. The van der Waals surface area contributed by atoms with Crippen LogP contribution in [-0.4, -0.2) is 36.7 Å². The van der Waals surface area contributed by atoms with Gasteiger partial charge >= 0.3 is 0 Å². The van der Waals surface area contributed by atoms with Gasteiger partial charge in [-0.05, 0) is 56.0 Å². The van der Waals surface area contributed by atoms with Crippen molar-refractivity contribution in [3.63, 3.8) is 0 Å². The molecule has 0 unspecified atom stereocenters. The van der Waals surface area contributed by atoms with Gasteiger partial charge in [0.05, 0.1) is 19.7 Å². The number of phenolic OH excluding ortho intramolecular Hbond substituents is 1. The minimum absolute atomic E-state index is 0. The van der Waals surface area contributed by atoms with Crippen LogP contribution in [0.3, 0.4) is 0 Å². The highest BCUT2D eigenvalue weighted by Crippen LogP contribution is 2.30. The number of amides is 1. The summed E-state index contributed by atoms with van der Waals surface area (Å²) in [4.78, 5) is 16.7. The monoisotopic (exact) mass is 524 g/mol. The predicted octanol–water partition coefficient (Wildman–Crippen LogP) is 3.49. The van der Waals surface area contributed by atoms with Crippen LogP contribution in [0.1, 0.15) is 25.3 Å². The van der Waals surface area contributed by atoms with Crippen LogP contribution >= 0.6 is 24.0 Å². The van der Waals surface area contributed by atoms with Crippen LogP contribution in [0, 0.1) is 5.92 Å². The van der Waals surface area contributed by atoms with Crippen LogP contribution < -0.4 is 20.7 Å². The Balaban J connectivity index is 0.00000320. The third-order valence-electron chi connectivity index (χ3n) is 4.46. The van der Waals surface area contributed by atoms with Gasteiger partial charge in [-0.1, -0.05) is 18.2 Å². The van der Waals surface area contributed by atoms with Gasteiger partial charge in [0.1, 0.15) is 11.5 Å². The van der Waals surface area contributed by atoms with Gasteiger partial charge in [0.15, 0.2) is 5.96 Å². The first-order valence-electron chi connectivity index (χ1n) is 9.96. The van der Waals surface area contributed by atoms with Crippen LogP contribution in [-0.2, 0) is 11.3 Å². The van der Waals surface area contributed by atoms with Gasteiger partial charge in [-0.2, -0.15) is 0 Å². The third kappa shape index (κ3) is 8.10. The molecule has 1 aliphatic rings. The quantitative estimate of drug-likeness (QED) is 0.174. The Hall–Kier alpha value is -2.49. The van der Waals surface area contributed by atoms with Crippen LogP contribution in [0.15, 0.2) is 53.5 Å². The minimum Gasteiger partial charge on any atom is -0.508 e. The van der Waals surface area contributed by atoms with Crippen molar-refractivity contribution < 1.29 is 14.6 Å². The van der Waals surface area contributed by atoms with Gasteiger partial charge in [0, 0.05) is 17.8 Å². The largest absolute Gasteiger partial charge is 0.508 e. The Morgan fingerprint density at radius 1 is 1.13 bits per heavy atom. The Labute approximate surface area is 194 Å². The van der Waals surface area contributed by atoms with E-state index in [1.807, 2.05) is 31.2 Å². The van der Waals surface area contributed by atoms with Gasteiger partial charge in [-0.15, -0.1) is 24.0 Å². The molecule has 30 heavy (non-hydrogen) atoms. The molecular weight excluding hydrogens is 495 g/mol. The minimum atomic E-state index is -0.200. The summed E-state index contributed by atoms with van der Waals surface area (Å²) < 4.78 is 5.93. The van der Waals surface area contributed by atoms with Gasteiger partial charge in [-0.25, -0.2) is 4.99 Å². The average Bonchev–Trinajstić information content (AvgIpc) is 3.55. The maximum Gasteiger partial charge on any atom is 0.243 e. The summed E-state index contributed by atoms with van der Waals surface area (Å²) in [7, 11) is 0. The molecule has 1 saturated carbocycles. The number of benzene rings is 2. The number of para-hydroxylation sites is 1. The van der Waals surface area contributed by atoms with Gasteiger partial charge in [0.2, 0.25) is 5.91 Å². The van der Waals surface area contributed by atoms with E-state index in [9.17, 15) is 9.90 Å². The number of nitrogens with one attached hydrogen (secondary N) is 3. The second kappa shape index (κ2) is 12.3. The fourth-order valence-corrected chi connectivity index (χ4v) is 2.69. The number of hydrogen-bond donors (Lipinski definition) is 4. The summed E-state index contributed by atoms with van der Waals surface area (Å²) in [5.41, 5.74) is 1.64. The Morgan fingerprint density at radius 2 is 1.87 bits per heavy atom. The molecule has 1 fully saturated rings. The summed E-state index contributed by atoms with van der Waals surface area (Å²) in [5, 5.41) is 18.3. The maximum atomic E-state index is 12.2. The van der Waals surface area contributed by atoms with Crippen molar-refractivity contribution in [3.8, 4) is 11.5 Å². The highest BCUT2D eigenvalue weighted by molar-refractivity contribution is 14.0. The normalized spacial score (nSPS) is 13.2. The van der Waals surface area contributed by atoms with E-state index in [4.69, 9.17) is 4.74 Å². The predicted molar refractivity (Wildman–Crippen MR) is 130 cm³/mol. The summed E-state index contributed by atoms with van der Waals surface area (Å²) >= 11 is 0. The summed E-state index contributed by atoms with van der Waals surface area (Å²) in [6.45, 7) is 3.95. The molecule has 0 atom stereocenters. The van der Waals surface area contributed by atoms with Crippen LogP contribution in [0.2, 0.25) is 0 Å². The standard InChI is InChI=1S/C22H28N4O3.HI/c1-2-23-22(25-14-21(28)26-18-9-11-19(27)12-10-18)24-13-17-5-3-4-6-20(17)29-15-16-7-8-16;/h3-6,9-12,16,27H,2,7-8,13-15H2,1H3,(H,26,28)(H2,23,24,25);1H. The molecule has 4 N–H and O–H groups in total. The topological polar surface area (TPSA) is 95.0 Å². The summed E-state index contributed by atoms with van der Waals surface area (Å²) in [6.07, 6.45) is 2.50. The van der Waals surface area contributed by atoms with E-state index in [0.29, 0.717) is 30.7 Å². The van der Waals surface area contributed by atoms with Crippen molar-refractivity contribution in [1.82, 2.24) is 10.6 Å². The number of hydrogen-bond acceptors (Lipinski definition) is 4. The zero-order chi connectivity index (χ0) is 20.5. The molecule has 0 radical (unpaired) electrons. The molecule has 7 nitrogen and oxygen atoms in total. The smallest absolute Gasteiger partial charge is 0.243 e. The number of ether oxygens (including phenoxy) is 1. The lowest BCUT2D eigenvalue weighted by Gasteiger charge is -2.13. The van der Waals surface area contributed by atoms with Crippen LogP contribution in [0.5, 0.6) is 11.5 Å². The van der Waals surface area contributed by atoms with Crippen molar-refractivity contribution in [2.75, 3.05) is 25.0 Å². The molecule has 0 spiro atoms. The van der Waals surface area contributed by atoms with Crippen molar-refractivity contribution >= 4 is 41.5 Å². The number of carbonyl (C=O) groups is 1. The molecule has 1 amide bonds. The number of phenols is 1. The SMILES string of the molecule is CCNC(=NCc1ccccc1OCC1CC1)NCC(=O)Nc1ccc(O)cc1.I. The van der Waals surface area contributed by atoms with Crippen LogP contribution in [0.4, 0.5) is 5.69 Å². The number of aliphatic imine (C=N–C) groups is 1. The second-order valence-electron chi connectivity index (χ2n) is 7.01. The second-order valence-corrected chi connectivity index (χ2v) is 7.01. The van der Waals surface area contributed by atoms with E-state index < -0.39 is 0 Å². The lowest BCUT2D eigenvalue weighted by molar-refractivity contribution is -0.115. The molecule has 3 rings (SSSR count). The molecule has 2 aromatic carbocycles. The van der Waals surface area contributed by atoms with Crippen LogP contribution in [0.25, 0.3) is 0 Å². The molecule has 0 aromatic heterocycles. The molecule has 0 heterocycles. The first-order valence-corrected chi connectivity index (χ1v) is 9.96. The Bertz CT molecular complexity index is 839. The Morgan fingerprint density at radius 3 is 2.57 bits per heavy atom. The number of nitrogens with zero attached hydrogens (tertiary/aromatic N) is 1. The fraction of sp³-hybridized carbons (Fsp3) is 0.364. The highest BCUT2D eigenvalue weighted by Gasteiger charge is 2.22. The number of guanidine groups is 1. The molecule has 0 saturated heterocycles. The maximum absolute atomic E-state index is 12.2. The van der Waals surface area contributed by atoms with E-state index in [1.54, 1.807) is 12.1 Å². The lowest BCUT2D eigenvalue weighted by atomic mass is 10.2. The van der Waals surface area contributed by atoms with Crippen molar-refractivity contribution in [2.24, 2.45) is 10.9 Å². The summed E-state index contributed by atoms with van der Waals surface area (Å²) in [6, 6.07) is 14.3. The average molecular weight is 524 g/mol. The molecule has 0 aliphatic heterocycles. The van der Waals surface area contributed by atoms with Crippen molar-refractivity contribution in [2.45, 2.75) is 26.3 Å². The first kappa shape index (κ1) is 23.8. The highest BCUT2D eigenvalue weighted by atomic mass is 127. The number of halogens is 1. The zero-order valence-electron chi connectivity index (χ0n) is 17.1. The Kier molecular flexibility index (Phi) is 9.72. The molecule has 1 aliphatic carbocycles. The van der Waals surface area contributed by atoms with Crippen molar-refractivity contribution in [1.29, 1.82) is 0 Å². The van der Waals surface area contributed by atoms with Gasteiger partial charge in [0.25, 0.3) is 0 Å². The van der Waals surface area contributed by atoms with E-state index in [1.165, 1.54) is 25.0 Å². The first-order chi connectivity index (χ1) is 14.1. The van der Waals surface area contributed by atoms with Crippen molar-refractivity contribution in [3.05, 3.63) is 54.1 Å². The van der Waals surface area contributed by atoms with Gasteiger partial charge < -0.3 is 25.8 Å². The number of carbonyl (C=O) groups excluding carboxylic acids is 1. The third-order valence-corrected chi connectivity index (χ3v) is 4.46. The molecule has 8 heteroatoms. The molecule has 0 bridgehead atoms. The lowest BCUT2D eigenvalue weighted by Crippen LogP contribution is -2.41. The number of rotatable bonds is 9. The summed E-state index contributed by atoms with van der Waals surface area (Å²) in [5.74, 6) is 2.07. The fourth-order valence-electron chi connectivity index (χ4n) is 2.69. The van der Waals surface area contributed by atoms with E-state index in [-0.39, 0.29) is 42.2 Å². The van der Waals surface area contributed by atoms with Gasteiger partial charge in [-0.3, -0.25) is 4.79 Å². The van der Waals surface area contributed by atoms with E-state index in [2.05, 4.69) is 20.9 Å². The molecule has 162 valence electrons. The molecular formula is C22H29IN4O3. The molecule has 2 aromatic rings. The zero-order valence-corrected chi connectivity index (χ0v) is 19.4. The van der Waals surface area contributed by atoms with E-state index >= 15 is 0 Å². The number of aromatic hydroxyl groups is 1. The van der Waals surface area contributed by atoms with E-state index in [0.717, 1.165) is 17.9 Å².